The first-order valence-electron chi connectivity index (χ1n) is 5.75. The molecule has 0 saturated carbocycles. The molecule has 16 heavy (non-hydrogen) atoms. The number of nitrogens with zero attached hydrogens (tertiary/aromatic N) is 2. The summed E-state index contributed by atoms with van der Waals surface area (Å²) in [4.78, 5) is 4.25. The fourth-order valence-corrected chi connectivity index (χ4v) is 1.97. The lowest BCUT2D eigenvalue weighted by Gasteiger charge is -2.23. The molecule has 0 unspecified atom stereocenters. The molecule has 0 heterocycles. The highest BCUT2D eigenvalue weighted by atomic mass is 32.2. The smallest absolute Gasteiger partial charge is 0.266 e. The highest BCUT2D eigenvalue weighted by Crippen LogP contribution is 1.93. The summed E-state index contributed by atoms with van der Waals surface area (Å²) in [5.74, 6) is -0.182. The van der Waals surface area contributed by atoms with E-state index in [0.29, 0.717) is 6.54 Å². The van der Waals surface area contributed by atoms with Gasteiger partial charge in [0.2, 0.25) is 0 Å². The van der Waals surface area contributed by atoms with Crippen molar-refractivity contribution in [1.82, 2.24) is 9.80 Å². The third-order valence-corrected chi connectivity index (χ3v) is 3.21. The van der Waals surface area contributed by atoms with Crippen LogP contribution in [-0.4, -0.2) is 68.3 Å². The molecule has 0 aliphatic rings. The molecule has 0 aromatic heterocycles. The lowest BCUT2D eigenvalue weighted by Crippen LogP contribution is -2.36. The minimum atomic E-state index is -3.83. The van der Waals surface area contributed by atoms with Crippen LogP contribution in [0.3, 0.4) is 0 Å². The van der Waals surface area contributed by atoms with E-state index in [1.54, 1.807) is 0 Å². The van der Waals surface area contributed by atoms with Gasteiger partial charge in [0, 0.05) is 19.6 Å². The molecule has 0 radical (unpaired) electrons. The Morgan fingerprint density at radius 3 is 2.12 bits per heavy atom. The highest BCUT2D eigenvalue weighted by molar-refractivity contribution is 7.85. The summed E-state index contributed by atoms with van der Waals surface area (Å²) in [6.07, 6.45) is 1.12. The minimum Gasteiger partial charge on any atom is -0.305 e. The van der Waals surface area contributed by atoms with Gasteiger partial charge in [-0.1, -0.05) is 13.8 Å². The van der Waals surface area contributed by atoms with Gasteiger partial charge in [-0.3, -0.25) is 4.55 Å². The monoisotopic (exact) mass is 252 g/mol. The van der Waals surface area contributed by atoms with Gasteiger partial charge in [-0.2, -0.15) is 8.42 Å². The maximum atomic E-state index is 10.6. The first kappa shape index (κ1) is 15.8. The van der Waals surface area contributed by atoms with Crippen molar-refractivity contribution in [1.29, 1.82) is 0 Å². The second kappa shape index (κ2) is 8.00. The molecule has 1 N–H and O–H groups in total. The molecule has 0 saturated heterocycles. The maximum Gasteiger partial charge on any atom is 0.266 e. The number of hydrogen-bond acceptors (Lipinski definition) is 4. The van der Waals surface area contributed by atoms with E-state index in [-0.39, 0.29) is 5.75 Å². The quantitative estimate of drug-likeness (QED) is 0.607. The summed E-state index contributed by atoms with van der Waals surface area (Å²) >= 11 is 0. The van der Waals surface area contributed by atoms with Crippen molar-refractivity contribution in [3.63, 3.8) is 0 Å². The van der Waals surface area contributed by atoms with Crippen LogP contribution in [0.1, 0.15) is 20.3 Å². The van der Waals surface area contributed by atoms with Crippen LogP contribution in [0.15, 0.2) is 0 Å². The second-order valence-corrected chi connectivity index (χ2v) is 5.60. The molecule has 5 nitrogen and oxygen atoms in total. The number of likely N-dealkylation sites (N-methyl/N-ethyl adjacent to an activating group) is 2. The molecular weight excluding hydrogens is 228 g/mol. The predicted octanol–water partition coefficient (Wildman–Crippen LogP) is 0.538. The van der Waals surface area contributed by atoms with E-state index >= 15 is 0 Å². The molecule has 6 heteroatoms. The Labute approximate surface area is 99.2 Å². The van der Waals surface area contributed by atoms with E-state index in [0.717, 1.165) is 32.6 Å². The summed E-state index contributed by atoms with van der Waals surface area (Å²) in [7, 11) is -1.78. The largest absolute Gasteiger partial charge is 0.305 e. The second-order valence-electron chi connectivity index (χ2n) is 4.02. The first-order chi connectivity index (χ1) is 7.39. The molecular formula is C10H24N2O3S. The zero-order valence-electron chi connectivity index (χ0n) is 10.5. The molecule has 0 spiro atoms. The zero-order chi connectivity index (χ0) is 12.6. The van der Waals surface area contributed by atoms with Gasteiger partial charge in [0.05, 0.1) is 5.75 Å². The molecule has 0 rings (SSSR count). The average Bonchev–Trinajstić information content (AvgIpc) is 2.17. The van der Waals surface area contributed by atoms with Crippen molar-refractivity contribution in [3.8, 4) is 0 Å². The molecule has 0 amide bonds. The first-order valence-corrected chi connectivity index (χ1v) is 7.36. The van der Waals surface area contributed by atoms with Crippen molar-refractivity contribution < 1.29 is 13.0 Å². The molecule has 0 atom stereocenters. The Hall–Kier alpha value is -0.170. The number of rotatable bonds is 9. The van der Waals surface area contributed by atoms with Gasteiger partial charge < -0.3 is 9.80 Å². The SMILES string of the molecule is CCCN(C)CCN(CC)CCS(=O)(=O)O. The Morgan fingerprint density at radius 2 is 1.69 bits per heavy atom. The van der Waals surface area contributed by atoms with E-state index in [4.69, 9.17) is 4.55 Å². The zero-order valence-corrected chi connectivity index (χ0v) is 11.3. The summed E-state index contributed by atoms with van der Waals surface area (Å²) in [5, 5.41) is 0. The molecule has 0 bridgehead atoms. The van der Waals surface area contributed by atoms with Crippen LogP contribution in [0, 0.1) is 0 Å². The Morgan fingerprint density at radius 1 is 1.06 bits per heavy atom. The Kier molecular flexibility index (Phi) is 7.91. The van der Waals surface area contributed by atoms with Crippen molar-refractivity contribution in [2.75, 3.05) is 45.5 Å². The summed E-state index contributed by atoms with van der Waals surface area (Å²) in [5.41, 5.74) is 0. The van der Waals surface area contributed by atoms with Crippen molar-refractivity contribution in [2.24, 2.45) is 0 Å². The average molecular weight is 252 g/mol. The summed E-state index contributed by atoms with van der Waals surface area (Å²) < 4.78 is 29.9. The minimum absolute atomic E-state index is 0.182. The van der Waals surface area contributed by atoms with Crippen LogP contribution in [0.5, 0.6) is 0 Å². The van der Waals surface area contributed by atoms with Crippen LogP contribution < -0.4 is 0 Å². The lowest BCUT2D eigenvalue weighted by atomic mass is 10.4. The third kappa shape index (κ3) is 9.08. The standard InChI is InChI=1S/C10H24N2O3S/c1-4-6-11(3)7-8-12(5-2)9-10-16(13,14)15/h4-10H2,1-3H3,(H,13,14,15). The van der Waals surface area contributed by atoms with Crippen LogP contribution in [0.25, 0.3) is 0 Å². The van der Waals surface area contributed by atoms with Crippen LogP contribution >= 0.6 is 0 Å². The molecule has 98 valence electrons. The lowest BCUT2D eigenvalue weighted by molar-refractivity contribution is 0.240. The van der Waals surface area contributed by atoms with E-state index in [1.165, 1.54) is 0 Å². The summed E-state index contributed by atoms with van der Waals surface area (Å²) in [6.45, 7) is 8.13. The van der Waals surface area contributed by atoms with Crippen LogP contribution in [-0.2, 0) is 10.1 Å². The van der Waals surface area contributed by atoms with Crippen LogP contribution in [0.4, 0.5) is 0 Å². The van der Waals surface area contributed by atoms with Gasteiger partial charge >= 0.3 is 0 Å². The third-order valence-electron chi connectivity index (χ3n) is 2.52. The van der Waals surface area contributed by atoms with E-state index in [9.17, 15) is 8.42 Å². The van der Waals surface area contributed by atoms with Gasteiger partial charge in [0.1, 0.15) is 0 Å². The molecule has 0 fully saturated rings. The van der Waals surface area contributed by atoms with Gasteiger partial charge in [0.25, 0.3) is 10.1 Å². The Balaban J connectivity index is 3.83. The number of hydrogen-bond donors (Lipinski definition) is 1. The van der Waals surface area contributed by atoms with E-state index in [2.05, 4.69) is 18.9 Å². The van der Waals surface area contributed by atoms with E-state index in [1.807, 2.05) is 11.8 Å². The van der Waals surface area contributed by atoms with Gasteiger partial charge in [-0.05, 0) is 26.6 Å². The fraction of sp³-hybridized carbons (Fsp3) is 1.00. The van der Waals surface area contributed by atoms with E-state index < -0.39 is 10.1 Å². The summed E-state index contributed by atoms with van der Waals surface area (Å²) in [6, 6.07) is 0. The van der Waals surface area contributed by atoms with Gasteiger partial charge in [0.15, 0.2) is 0 Å². The van der Waals surface area contributed by atoms with Gasteiger partial charge in [-0.15, -0.1) is 0 Å². The molecule has 0 aromatic carbocycles. The molecule has 0 aliphatic heterocycles. The predicted molar refractivity (Wildman–Crippen MR) is 66.3 cm³/mol. The topological polar surface area (TPSA) is 60.9 Å². The molecule has 0 aliphatic carbocycles. The Bertz CT molecular complexity index is 267. The van der Waals surface area contributed by atoms with Crippen molar-refractivity contribution in [3.05, 3.63) is 0 Å². The van der Waals surface area contributed by atoms with Crippen molar-refractivity contribution in [2.45, 2.75) is 20.3 Å². The van der Waals surface area contributed by atoms with Gasteiger partial charge in [-0.25, -0.2) is 0 Å². The maximum absolute atomic E-state index is 10.6. The molecule has 0 aromatic rings. The normalized spacial score (nSPS) is 12.6. The van der Waals surface area contributed by atoms with Crippen LogP contribution in [0.2, 0.25) is 0 Å². The van der Waals surface area contributed by atoms with Crippen molar-refractivity contribution >= 4 is 10.1 Å². The fourth-order valence-electron chi connectivity index (χ4n) is 1.48. The highest BCUT2D eigenvalue weighted by Gasteiger charge is 2.09.